The van der Waals surface area contributed by atoms with E-state index >= 15 is 0 Å². The van der Waals surface area contributed by atoms with Crippen LogP contribution in [0, 0.1) is 0 Å². The number of aromatic hydroxyl groups is 6. The van der Waals surface area contributed by atoms with Crippen LogP contribution < -0.4 is 10.6 Å². The van der Waals surface area contributed by atoms with Crippen LogP contribution in [-0.4, -0.2) is 66.1 Å². The second-order valence-electron chi connectivity index (χ2n) is 6.63. The molecule has 12 heteroatoms. The molecular formula is C21H20N2O10. The van der Waals surface area contributed by atoms with Crippen LogP contribution in [0.25, 0.3) is 12.2 Å². The largest absolute Gasteiger partial charge is 0.504 e. The van der Waals surface area contributed by atoms with Crippen LogP contribution in [0.3, 0.4) is 0 Å². The van der Waals surface area contributed by atoms with Gasteiger partial charge in [-0.25, -0.2) is 4.79 Å². The van der Waals surface area contributed by atoms with Gasteiger partial charge in [0.05, 0.1) is 0 Å². The standard InChI is InChI=1S/C21H20N2O10/c24-13-5-10(6-14(25)19(13)30)1-3-17(28)22-9-12(21(32)33)23-18(29)4-2-11-7-15(26)20(31)16(27)8-11/h1-8,12,24-27,30-31H,9H2,(H,22,28)(H,23,29)(H,32,33)/b3-1+,4-2+. The second-order valence-corrected chi connectivity index (χ2v) is 6.63. The van der Waals surface area contributed by atoms with E-state index in [-0.39, 0.29) is 11.1 Å². The van der Waals surface area contributed by atoms with Crippen molar-refractivity contribution in [1.29, 1.82) is 0 Å². The highest BCUT2D eigenvalue weighted by molar-refractivity contribution is 5.95. The van der Waals surface area contributed by atoms with Crippen LogP contribution in [0.5, 0.6) is 34.5 Å². The van der Waals surface area contributed by atoms with Crippen LogP contribution in [0.4, 0.5) is 0 Å². The lowest BCUT2D eigenvalue weighted by atomic mass is 10.1. The Hall–Kier alpha value is -4.87. The van der Waals surface area contributed by atoms with Crippen LogP contribution in [0.15, 0.2) is 36.4 Å². The summed E-state index contributed by atoms with van der Waals surface area (Å²) >= 11 is 0. The van der Waals surface area contributed by atoms with Crippen LogP contribution in [0.1, 0.15) is 11.1 Å². The number of phenols is 6. The topological polar surface area (TPSA) is 217 Å². The Kier molecular flexibility index (Phi) is 7.72. The number of aliphatic carboxylic acids is 1. The van der Waals surface area contributed by atoms with Gasteiger partial charge < -0.3 is 46.4 Å². The molecule has 9 N–H and O–H groups in total. The van der Waals surface area contributed by atoms with Gasteiger partial charge in [-0.2, -0.15) is 0 Å². The Bertz CT molecular complexity index is 1090. The molecule has 0 fully saturated rings. The first-order valence-corrected chi connectivity index (χ1v) is 9.15. The monoisotopic (exact) mass is 460 g/mol. The van der Waals surface area contributed by atoms with E-state index in [1.54, 1.807) is 0 Å². The van der Waals surface area contributed by atoms with Gasteiger partial charge in [-0.3, -0.25) is 9.59 Å². The van der Waals surface area contributed by atoms with Gasteiger partial charge in [0.15, 0.2) is 34.5 Å². The minimum Gasteiger partial charge on any atom is -0.504 e. The lowest BCUT2D eigenvalue weighted by molar-refractivity contribution is -0.141. The summed E-state index contributed by atoms with van der Waals surface area (Å²) in [4.78, 5) is 35.2. The molecule has 2 aromatic rings. The van der Waals surface area contributed by atoms with Gasteiger partial charge in [-0.1, -0.05) is 0 Å². The summed E-state index contributed by atoms with van der Waals surface area (Å²) in [6.45, 7) is -0.481. The highest BCUT2D eigenvalue weighted by atomic mass is 16.4. The number of carboxylic acid groups (broad SMARTS) is 1. The van der Waals surface area contributed by atoms with Crippen molar-refractivity contribution in [2.45, 2.75) is 6.04 Å². The number of benzene rings is 2. The average Bonchev–Trinajstić information content (AvgIpc) is 2.75. The lowest BCUT2D eigenvalue weighted by Gasteiger charge is -2.13. The van der Waals surface area contributed by atoms with Gasteiger partial charge >= 0.3 is 5.97 Å². The molecule has 0 radical (unpaired) electrons. The van der Waals surface area contributed by atoms with E-state index in [2.05, 4.69) is 10.6 Å². The molecule has 0 spiro atoms. The van der Waals surface area contributed by atoms with Crippen molar-refractivity contribution in [1.82, 2.24) is 10.6 Å². The van der Waals surface area contributed by atoms with E-state index in [0.717, 1.165) is 42.5 Å². The number of amides is 2. The van der Waals surface area contributed by atoms with Gasteiger partial charge in [-0.15, -0.1) is 0 Å². The van der Waals surface area contributed by atoms with Crippen molar-refractivity contribution in [3.63, 3.8) is 0 Å². The molecule has 0 aliphatic rings. The van der Waals surface area contributed by atoms with E-state index in [4.69, 9.17) is 0 Å². The smallest absolute Gasteiger partial charge is 0.328 e. The molecular weight excluding hydrogens is 440 g/mol. The number of phenolic OH excluding ortho intramolecular Hbond substituents is 6. The van der Waals surface area contributed by atoms with Gasteiger partial charge in [0.1, 0.15) is 6.04 Å². The number of carboxylic acids is 1. The number of carbonyl (C=O) groups is 3. The number of nitrogens with one attached hydrogen (secondary N) is 2. The summed E-state index contributed by atoms with van der Waals surface area (Å²) < 4.78 is 0. The molecule has 33 heavy (non-hydrogen) atoms. The zero-order valence-electron chi connectivity index (χ0n) is 16.8. The van der Waals surface area contributed by atoms with Gasteiger partial charge in [0.2, 0.25) is 11.8 Å². The van der Waals surface area contributed by atoms with Gasteiger partial charge in [0.25, 0.3) is 0 Å². The highest BCUT2D eigenvalue weighted by Crippen LogP contribution is 2.36. The first-order valence-electron chi connectivity index (χ1n) is 9.15. The Balaban J connectivity index is 1.95. The molecule has 2 aromatic carbocycles. The van der Waals surface area contributed by atoms with E-state index in [1.165, 1.54) is 6.08 Å². The first-order chi connectivity index (χ1) is 15.5. The molecule has 0 saturated carbocycles. The zero-order chi connectivity index (χ0) is 24.7. The maximum absolute atomic E-state index is 12.0. The highest BCUT2D eigenvalue weighted by Gasteiger charge is 2.19. The predicted octanol–water partition coefficient (Wildman–Crippen LogP) is 0.332. The van der Waals surface area contributed by atoms with Crippen molar-refractivity contribution < 1.29 is 50.1 Å². The van der Waals surface area contributed by atoms with Gasteiger partial charge in [0, 0.05) is 18.7 Å². The second kappa shape index (κ2) is 10.4. The predicted molar refractivity (Wildman–Crippen MR) is 114 cm³/mol. The number of hydrogen-bond donors (Lipinski definition) is 9. The van der Waals surface area contributed by atoms with Crippen molar-refractivity contribution >= 4 is 29.9 Å². The lowest BCUT2D eigenvalue weighted by Crippen LogP contribution is -2.47. The van der Waals surface area contributed by atoms with Crippen molar-refractivity contribution in [3.8, 4) is 34.5 Å². The molecule has 0 aromatic heterocycles. The molecule has 1 atom stereocenters. The van der Waals surface area contributed by atoms with Crippen molar-refractivity contribution in [3.05, 3.63) is 47.5 Å². The maximum Gasteiger partial charge on any atom is 0.328 e. The molecule has 0 aliphatic heterocycles. The Labute approximate surface area is 186 Å². The number of carbonyl (C=O) groups excluding carboxylic acids is 2. The normalized spacial score (nSPS) is 12.0. The average molecular weight is 460 g/mol. The Morgan fingerprint density at radius 1 is 0.727 bits per heavy atom. The quantitative estimate of drug-likeness (QED) is 0.194. The summed E-state index contributed by atoms with van der Waals surface area (Å²) in [5.41, 5.74) is 0.326. The summed E-state index contributed by atoms with van der Waals surface area (Å²) in [5, 5.41) is 70.0. The van der Waals surface area contributed by atoms with Crippen molar-refractivity contribution in [2.24, 2.45) is 0 Å². The molecule has 0 saturated heterocycles. The number of rotatable bonds is 8. The fourth-order valence-electron chi connectivity index (χ4n) is 2.47. The summed E-state index contributed by atoms with van der Waals surface area (Å²) in [5.74, 6) is -6.92. The molecule has 0 bridgehead atoms. The molecule has 0 heterocycles. The molecule has 2 amide bonds. The molecule has 0 aliphatic carbocycles. The summed E-state index contributed by atoms with van der Waals surface area (Å²) in [7, 11) is 0. The third kappa shape index (κ3) is 6.82. The SMILES string of the molecule is O=C(/C=C/c1cc(O)c(O)c(O)c1)NCC(NC(=O)/C=C/c1cc(O)c(O)c(O)c1)C(=O)O. The van der Waals surface area contributed by atoms with Gasteiger partial charge in [-0.05, 0) is 47.5 Å². The minimum atomic E-state index is -1.50. The van der Waals surface area contributed by atoms with E-state index in [9.17, 15) is 50.1 Å². The molecule has 1 unspecified atom stereocenters. The maximum atomic E-state index is 12.0. The fraction of sp³-hybridized carbons (Fsp3) is 0.0952. The molecule has 174 valence electrons. The molecule has 12 nitrogen and oxygen atoms in total. The van der Waals surface area contributed by atoms with Crippen molar-refractivity contribution in [2.75, 3.05) is 6.54 Å². The van der Waals surface area contributed by atoms with Crippen LogP contribution in [0.2, 0.25) is 0 Å². The zero-order valence-corrected chi connectivity index (χ0v) is 16.8. The Morgan fingerprint density at radius 3 is 1.52 bits per heavy atom. The molecule has 2 rings (SSSR count). The van der Waals surface area contributed by atoms with E-state index < -0.39 is 64.9 Å². The minimum absolute atomic E-state index is 0.148. The first kappa shape index (κ1) is 24.4. The number of hydrogen-bond acceptors (Lipinski definition) is 9. The summed E-state index contributed by atoms with van der Waals surface area (Å²) in [6.07, 6.45) is 4.24. The Morgan fingerprint density at radius 2 is 1.12 bits per heavy atom. The fourth-order valence-corrected chi connectivity index (χ4v) is 2.47. The summed E-state index contributed by atoms with van der Waals surface area (Å²) in [6, 6.07) is 2.79. The third-order valence-corrected chi connectivity index (χ3v) is 4.13. The third-order valence-electron chi connectivity index (χ3n) is 4.13. The van der Waals surface area contributed by atoms with Crippen LogP contribution in [-0.2, 0) is 14.4 Å². The van der Waals surface area contributed by atoms with E-state index in [0.29, 0.717) is 0 Å². The van der Waals surface area contributed by atoms with Crippen LogP contribution >= 0.6 is 0 Å². The van der Waals surface area contributed by atoms with E-state index in [1.807, 2.05) is 0 Å².